The Morgan fingerprint density at radius 3 is 2.50 bits per heavy atom. The third-order valence-electron chi connectivity index (χ3n) is 3.98. The molecule has 0 fully saturated rings. The molecule has 1 aromatic carbocycles. The minimum absolute atomic E-state index is 0.156. The molecule has 0 N–H and O–H groups in total. The van der Waals surface area contributed by atoms with Crippen molar-refractivity contribution in [3.8, 4) is 5.75 Å². The number of aryl methyl sites for hydroxylation is 1. The lowest BCUT2D eigenvalue weighted by Gasteiger charge is -2.10. The molecule has 2 aromatic rings. The fourth-order valence-electron chi connectivity index (χ4n) is 2.77. The SMILES string of the molecule is CCCn1c(C)cc(C(=O)COC(=O)c2ccccc2OC(F)F)c1C. The van der Waals surface area contributed by atoms with E-state index in [0.717, 1.165) is 24.4 Å². The van der Waals surface area contributed by atoms with Crippen LogP contribution in [0, 0.1) is 13.8 Å². The predicted molar refractivity (Wildman–Crippen MR) is 91.9 cm³/mol. The molecule has 7 heteroatoms. The van der Waals surface area contributed by atoms with Crippen LogP contribution in [-0.2, 0) is 11.3 Å². The number of carbonyl (C=O) groups is 2. The van der Waals surface area contributed by atoms with Gasteiger partial charge in [0.05, 0.1) is 0 Å². The van der Waals surface area contributed by atoms with Crippen molar-refractivity contribution in [1.82, 2.24) is 4.57 Å². The first-order valence-corrected chi connectivity index (χ1v) is 8.26. The highest BCUT2D eigenvalue weighted by molar-refractivity contribution is 6.01. The van der Waals surface area contributed by atoms with E-state index < -0.39 is 19.2 Å². The first-order chi connectivity index (χ1) is 12.3. The van der Waals surface area contributed by atoms with Crippen molar-refractivity contribution >= 4 is 11.8 Å². The Labute approximate surface area is 150 Å². The molecule has 0 aliphatic carbocycles. The second-order valence-corrected chi connectivity index (χ2v) is 5.81. The minimum atomic E-state index is -3.06. The highest BCUT2D eigenvalue weighted by atomic mass is 19.3. The van der Waals surface area contributed by atoms with Gasteiger partial charge in [-0.15, -0.1) is 0 Å². The number of hydrogen-bond donors (Lipinski definition) is 0. The highest BCUT2D eigenvalue weighted by Gasteiger charge is 2.20. The number of aromatic nitrogens is 1. The van der Waals surface area contributed by atoms with E-state index in [9.17, 15) is 18.4 Å². The summed E-state index contributed by atoms with van der Waals surface area (Å²) < 4.78 is 36.2. The largest absolute Gasteiger partial charge is 0.454 e. The van der Waals surface area contributed by atoms with Gasteiger partial charge >= 0.3 is 12.6 Å². The zero-order valence-corrected chi connectivity index (χ0v) is 14.9. The first kappa shape index (κ1) is 19.6. The summed E-state index contributed by atoms with van der Waals surface area (Å²) in [6.45, 7) is 3.05. The molecule has 0 saturated heterocycles. The van der Waals surface area contributed by atoms with Crippen LogP contribution in [0.2, 0.25) is 0 Å². The lowest BCUT2D eigenvalue weighted by molar-refractivity contribution is -0.0504. The summed E-state index contributed by atoms with van der Waals surface area (Å²) >= 11 is 0. The summed E-state index contributed by atoms with van der Waals surface area (Å²) in [5.41, 5.74) is 2.10. The smallest absolute Gasteiger partial charge is 0.387 e. The van der Waals surface area contributed by atoms with Gasteiger partial charge in [-0.2, -0.15) is 8.78 Å². The zero-order valence-electron chi connectivity index (χ0n) is 14.9. The molecular formula is C19H21F2NO4. The fourth-order valence-corrected chi connectivity index (χ4v) is 2.77. The zero-order chi connectivity index (χ0) is 19.3. The van der Waals surface area contributed by atoms with Gasteiger partial charge in [0.25, 0.3) is 0 Å². The lowest BCUT2D eigenvalue weighted by Crippen LogP contribution is -2.16. The van der Waals surface area contributed by atoms with Crippen LogP contribution in [0.5, 0.6) is 5.75 Å². The molecule has 5 nitrogen and oxygen atoms in total. The monoisotopic (exact) mass is 365 g/mol. The van der Waals surface area contributed by atoms with Crippen molar-refractivity contribution in [2.24, 2.45) is 0 Å². The average Bonchev–Trinajstić information content (AvgIpc) is 2.88. The van der Waals surface area contributed by atoms with Crippen LogP contribution < -0.4 is 4.74 Å². The normalized spacial score (nSPS) is 10.8. The highest BCUT2D eigenvalue weighted by Crippen LogP contribution is 2.22. The predicted octanol–water partition coefficient (Wildman–Crippen LogP) is 4.16. The van der Waals surface area contributed by atoms with Crippen LogP contribution in [0.15, 0.2) is 30.3 Å². The molecule has 140 valence electrons. The van der Waals surface area contributed by atoms with E-state index in [1.807, 2.05) is 25.3 Å². The number of hydrogen-bond acceptors (Lipinski definition) is 4. The van der Waals surface area contributed by atoms with Gasteiger partial charge in [-0.3, -0.25) is 4.79 Å². The van der Waals surface area contributed by atoms with Gasteiger partial charge < -0.3 is 14.0 Å². The minimum Gasteiger partial charge on any atom is -0.454 e. The summed E-state index contributed by atoms with van der Waals surface area (Å²) in [4.78, 5) is 24.5. The van der Waals surface area contributed by atoms with Crippen molar-refractivity contribution in [2.45, 2.75) is 40.3 Å². The molecular weight excluding hydrogens is 344 g/mol. The molecule has 0 spiro atoms. The third kappa shape index (κ3) is 4.47. The lowest BCUT2D eigenvalue weighted by atomic mass is 10.1. The summed E-state index contributed by atoms with van der Waals surface area (Å²) in [6.07, 6.45) is 0.930. The molecule has 1 heterocycles. The molecule has 26 heavy (non-hydrogen) atoms. The van der Waals surface area contributed by atoms with E-state index in [0.29, 0.717) is 5.56 Å². The van der Waals surface area contributed by atoms with Gasteiger partial charge in [-0.05, 0) is 38.5 Å². The quantitative estimate of drug-likeness (QED) is 0.521. The molecule has 0 aliphatic rings. The number of ether oxygens (including phenoxy) is 2. The van der Waals surface area contributed by atoms with Gasteiger partial charge in [-0.1, -0.05) is 19.1 Å². The van der Waals surface area contributed by atoms with E-state index in [1.165, 1.54) is 24.3 Å². The number of para-hydroxylation sites is 1. The number of halogens is 2. The van der Waals surface area contributed by atoms with Crippen molar-refractivity contribution in [1.29, 1.82) is 0 Å². The van der Waals surface area contributed by atoms with E-state index in [1.54, 1.807) is 6.07 Å². The van der Waals surface area contributed by atoms with Gasteiger partial charge in [0.15, 0.2) is 6.61 Å². The molecule has 0 bridgehead atoms. The Bertz CT molecular complexity index is 799. The van der Waals surface area contributed by atoms with Crippen LogP contribution >= 0.6 is 0 Å². The van der Waals surface area contributed by atoms with E-state index >= 15 is 0 Å². The van der Waals surface area contributed by atoms with E-state index in [4.69, 9.17) is 4.74 Å². The van der Waals surface area contributed by atoms with Crippen LogP contribution in [0.1, 0.15) is 45.4 Å². The van der Waals surface area contributed by atoms with E-state index in [-0.39, 0.29) is 17.1 Å². The molecule has 0 atom stereocenters. The number of rotatable bonds is 8. The molecule has 0 amide bonds. The molecule has 0 saturated carbocycles. The Morgan fingerprint density at radius 2 is 1.85 bits per heavy atom. The Balaban J connectivity index is 2.09. The molecule has 2 rings (SSSR count). The van der Waals surface area contributed by atoms with Crippen molar-refractivity contribution in [3.05, 3.63) is 52.8 Å². The standard InChI is InChI=1S/C19H21F2NO4/c1-4-9-22-12(2)10-15(13(22)3)16(23)11-25-18(24)14-7-5-6-8-17(14)26-19(20)21/h5-8,10,19H,4,9,11H2,1-3H3. The average molecular weight is 365 g/mol. The second kappa shape index (κ2) is 8.60. The first-order valence-electron chi connectivity index (χ1n) is 8.26. The van der Waals surface area contributed by atoms with Gasteiger partial charge in [0, 0.05) is 23.5 Å². The van der Waals surface area contributed by atoms with Crippen molar-refractivity contribution < 1.29 is 27.8 Å². The van der Waals surface area contributed by atoms with Gasteiger partial charge in [0.1, 0.15) is 11.3 Å². The molecule has 0 aliphatic heterocycles. The summed E-state index contributed by atoms with van der Waals surface area (Å²) in [5, 5.41) is 0. The molecule has 1 aromatic heterocycles. The van der Waals surface area contributed by atoms with Gasteiger partial charge in [-0.25, -0.2) is 4.79 Å². The number of alkyl halides is 2. The van der Waals surface area contributed by atoms with Crippen LogP contribution in [0.4, 0.5) is 8.78 Å². The van der Waals surface area contributed by atoms with Crippen LogP contribution in [0.3, 0.4) is 0 Å². The third-order valence-corrected chi connectivity index (χ3v) is 3.98. The fraction of sp³-hybridized carbons (Fsp3) is 0.368. The number of nitrogens with zero attached hydrogens (tertiary/aromatic N) is 1. The Kier molecular flexibility index (Phi) is 6.49. The van der Waals surface area contributed by atoms with Crippen LogP contribution in [0.25, 0.3) is 0 Å². The topological polar surface area (TPSA) is 57.5 Å². The number of benzene rings is 1. The van der Waals surface area contributed by atoms with Crippen molar-refractivity contribution in [3.63, 3.8) is 0 Å². The summed E-state index contributed by atoms with van der Waals surface area (Å²) in [6, 6.07) is 7.26. The molecule has 0 unspecified atom stereocenters. The van der Waals surface area contributed by atoms with Gasteiger partial charge in [0.2, 0.25) is 5.78 Å². The van der Waals surface area contributed by atoms with Crippen molar-refractivity contribution in [2.75, 3.05) is 6.61 Å². The number of Topliss-reactive ketones (excluding diaryl/α,β-unsaturated/α-hetero) is 1. The van der Waals surface area contributed by atoms with Crippen LogP contribution in [-0.4, -0.2) is 29.5 Å². The summed E-state index contributed by atoms with van der Waals surface area (Å²) in [7, 11) is 0. The summed E-state index contributed by atoms with van der Waals surface area (Å²) in [5.74, 6) is -1.53. The Morgan fingerprint density at radius 1 is 1.15 bits per heavy atom. The maximum absolute atomic E-state index is 12.4. The molecule has 0 radical (unpaired) electrons. The number of esters is 1. The second-order valence-electron chi connectivity index (χ2n) is 5.81. The Hall–Kier alpha value is -2.70. The maximum atomic E-state index is 12.4. The number of ketones is 1. The number of carbonyl (C=O) groups excluding carboxylic acids is 2. The maximum Gasteiger partial charge on any atom is 0.387 e. The van der Waals surface area contributed by atoms with E-state index in [2.05, 4.69) is 4.74 Å².